The molecule has 4 fully saturated rings. The van der Waals surface area contributed by atoms with Crippen molar-refractivity contribution in [1.82, 2.24) is 4.90 Å². The minimum atomic E-state index is -0.461. The SMILES string of the molecule is CC(=O)OCC(=O)OCC1CC[C@H]2[C@@H]3CC[C@H]4N(C)C(=O)CC[C@]4(C)[C@H]3CC[C@]12C. The van der Waals surface area contributed by atoms with Crippen LogP contribution in [0, 0.1) is 34.5 Å². The van der Waals surface area contributed by atoms with Crippen LogP contribution in [0.5, 0.6) is 0 Å². The number of rotatable bonds is 4. The summed E-state index contributed by atoms with van der Waals surface area (Å²) in [4.78, 5) is 37.2. The minimum Gasteiger partial charge on any atom is -0.463 e. The number of nitrogens with zero attached hydrogens (tertiary/aromatic N) is 1. The van der Waals surface area contributed by atoms with E-state index in [4.69, 9.17) is 9.47 Å². The first-order chi connectivity index (χ1) is 14.2. The maximum atomic E-state index is 12.3. The van der Waals surface area contributed by atoms with E-state index in [1.165, 1.54) is 32.6 Å². The van der Waals surface area contributed by atoms with Gasteiger partial charge < -0.3 is 14.4 Å². The van der Waals surface area contributed by atoms with Gasteiger partial charge in [-0.3, -0.25) is 9.59 Å². The fourth-order valence-electron chi connectivity index (χ4n) is 7.93. The van der Waals surface area contributed by atoms with Crippen LogP contribution in [0.1, 0.15) is 72.1 Å². The molecule has 1 heterocycles. The van der Waals surface area contributed by atoms with E-state index in [9.17, 15) is 14.4 Å². The molecule has 30 heavy (non-hydrogen) atoms. The smallest absolute Gasteiger partial charge is 0.344 e. The Morgan fingerprint density at radius 3 is 2.47 bits per heavy atom. The van der Waals surface area contributed by atoms with Crippen molar-refractivity contribution in [3.63, 3.8) is 0 Å². The number of carbonyl (C=O) groups excluding carboxylic acids is 3. The molecule has 0 aromatic heterocycles. The molecule has 1 saturated heterocycles. The number of ether oxygens (including phenoxy) is 2. The fourth-order valence-corrected chi connectivity index (χ4v) is 7.93. The zero-order valence-electron chi connectivity index (χ0n) is 18.9. The van der Waals surface area contributed by atoms with Crippen LogP contribution in [0.25, 0.3) is 0 Å². The molecule has 3 aliphatic carbocycles. The van der Waals surface area contributed by atoms with E-state index in [-0.39, 0.29) is 17.4 Å². The molecule has 6 heteroatoms. The van der Waals surface area contributed by atoms with Crippen molar-refractivity contribution in [3.05, 3.63) is 0 Å². The molecular formula is C24H37NO5. The Morgan fingerprint density at radius 1 is 1.00 bits per heavy atom. The van der Waals surface area contributed by atoms with Crippen molar-refractivity contribution in [3.8, 4) is 0 Å². The Morgan fingerprint density at radius 2 is 1.73 bits per heavy atom. The molecule has 168 valence electrons. The average molecular weight is 420 g/mol. The summed E-state index contributed by atoms with van der Waals surface area (Å²) in [7, 11) is 2.01. The molecule has 3 saturated carbocycles. The molecule has 1 unspecified atom stereocenters. The normalized spacial score (nSPS) is 42.7. The highest BCUT2D eigenvalue weighted by atomic mass is 16.6. The lowest BCUT2D eigenvalue weighted by Crippen LogP contribution is -2.61. The van der Waals surface area contributed by atoms with Crippen LogP contribution < -0.4 is 0 Å². The van der Waals surface area contributed by atoms with Crippen LogP contribution in [0.4, 0.5) is 0 Å². The highest BCUT2D eigenvalue weighted by Gasteiger charge is 2.61. The van der Waals surface area contributed by atoms with Gasteiger partial charge in [0.2, 0.25) is 5.91 Å². The predicted octanol–water partition coefficient (Wildman–Crippen LogP) is 3.57. The molecule has 4 aliphatic rings. The molecule has 0 aromatic carbocycles. The Hall–Kier alpha value is -1.59. The average Bonchev–Trinajstić information content (AvgIpc) is 3.04. The van der Waals surface area contributed by atoms with E-state index in [2.05, 4.69) is 13.8 Å². The molecule has 6 nitrogen and oxygen atoms in total. The first-order valence-corrected chi connectivity index (χ1v) is 11.7. The molecule has 0 bridgehead atoms. The van der Waals surface area contributed by atoms with Gasteiger partial charge in [-0.15, -0.1) is 0 Å². The third kappa shape index (κ3) is 3.44. The Labute approximate surface area is 180 Å². The van der Waals surface area contributed by atoms with Crippen LogP contribution in [0.15, 0.2) is 0 Å². The van der Waals surface area contributed by atoms with E-state index in [0.717, 1.165) is 19.3 Å². The summed E-state index contributed by atoms with van der Waals surface area (Å²) in [5, 5.41) is 0. The second-order valence-electron chi connectivity index (χ2n) is 10.8. The zero-order chi connectivity index (χ0) is 21.7. The Balaban J connectivity index is 1.43. The van der Waals surface area contributed by atoms with E-state index in [1.54, 1.807) is 0 Å². The van der Waals surface area contributed by atoms with Crippen molar-refractivity contribution in [2.45, 2.75) is 78.2 Å². The molecular weight excluding hydrogens is 382 g/mol. The molecule has 1 aliphatic heterocycles. The summed E-state index contributed by atoms with van der Waals surface area (Å²) in [5.74, 6) is 1.86. The number of hydrogen-bond donors (Lipinski definition) is 0. The second kappa shape index (κ2) is 7.83. The quantitative estimate of drug-likeness (QED) is 0.652. The van der Waals surface area contributed by atoms with Gasteiger partial charge in [0.25, 0.3) is 0 Å². The van der Waals surface area contributed by atoms with Crippen molar-refractivity contribution in [1.29, 1.82) is 0 Å². The van der Waals surface area contributed by atoms with Crippen LogP contribution >= 0.6 is 0 Å². The standard InChI is InChI=1S/C24H37NO5/c1-15(26)29-14-22(28)30-13-16-5-7-18-17-6-8-20-24(3,12-10-21(27)25(20)4)19(17)9-11-23(16,18)2/h16-20H,5-14H2,1-4H3/t16?,17-,18-,19-,20+,23+,24+/m0/s1. The Kier molecular flexibility index (Phi) is 5.65. The third-order valence-electron chi connectivity index (χ3n) is 9.59. The number of fused-ring (bicyclic) bond motifs is 5. The van der Waals surface area contributed by atoms with Crippen LogP contribution in [0.3, 0.4) is 0 Å². The lowest BCUT2D eigenvalue weighted by atomic mass is 9.47. The summed E-state index contributed by atoms with van der Waals surface area (Å²) in [6.07, 6.45) is 8.74. The van der Waals surface area contributed by atoms with Gasteiger partial charge in [-0.25, -0.2) is 4.79 Å². The van der Waals surface area contributed by atoms with E-state index < -0.39 is 11.9 Å². The first-order valence-electron chi connectivity index (χ1n) is 11.7. The fraction of sp³-hybridized carbons (Fsp3) is 0.875. The molecule has 0 aromatic rings. The summed E-state index contributed by atoms with van der Waals surface area (Å²) in [6.45, 7) is 6.30. The second-order valence-corrected chi connectivity index (χ2v) is 10.8. The summed E-state index contributed by atoms with van der Waals surface area (Å²) >= 11 is 0. The number of piperidine rings is 1. The van der Waals surface area contributed by atoms with Crippen molar-refractivity contribution in [2.24, 2.45) is 34.5 Å². The number of hydrogen-bond acceptors (Lipinski definition) is 5. The highest BCUT2D eigenvalue weighted by Crippen LogP contribution is 2.66. The van der Waals surface area contributed by atoms with Gasteiger partial charge in [-0.1, -0.05) is 13.8 Å². The van der Waals surface area contributed by atoms with Gasteiger partial charge in [0.1, 0.15) is 0 Å². The Bertz CT molecular complexity index is 722. The van der Waals surface area contributed by atoms with Gasteiger partial charge in [-0.05, 0) is 79.4 Å². The maximum Gasteiger partial charge on any atom is 0.344 e. The van der Waals surface area contributed by atoms with Gasteiger partial charge in [-0.2, -0.15) is 0 Å². The zero-order valence-corrected chi connectivity index (χ0v) is 18.9. The van der Waals surface area contributed by atoms with Crippen molar-refractivity contribution < 1.29 is 23.9 Å². The number of likely N-dealkylation sites (tertiary alicyclic amines) is 1. The van der Waals surface area contributed by atoms with Gasteiger partial charge >= 0.3 is 11.9 Å². The van der Waals surface area contributed by atoms with E-state index in [1.807, 2.05) is 11.9 Å². The van der Waals surface area contributed by atoms with Gasteiger partial charge in [0, 0.05) is 26.4 Å². The topological polar surface area (TPSA) is 72.9 Å². The number of esters is 2. The van der Waals surface area contributed by atoms with Gasteiger partial charge in [0.15, 0.2) is 6.61 Å². The van der Waals surface area contributed by atoms with Gasteiger partial charge in [0.05, 0.1) is 6.61 Å². The molecule has 1 amide bonds. The largest absolute Gasteiger partial charge is 0.463 e. The highest BCUT2D eigenvalue weighted by molar-refractivity contribution is 5.77. The van der Waals surface area contributed by atoms with Crippen LogP contribution in [-0.4, -0.2) is 49.0 Å². The first kappa shape index (κ1) is 21.6. The van der Waals surface area contributed by atoms with Crippen molar-refractivity contribution >= 4 is 17.8 Å². The van der Waals surface area contributed by atoms with Crippen LogP contribution in [-0.2, 0) is 23.9 Å². The van der Waals surface area contributed by atoms with E-state index in [0.29, 0.717) is 48.6 Å². The summed E-state index contributed by atoms with van der Waals surface area (Å²) < 4.78 is 10.3. The van der Waals surface area contributed by atoms with E-state index >= 15 is 0 Å². The van der Waals surface area contributed by atoms with Crippen molar-refractivity contribution in [2.75, 3.05) is 20.3 Å². The lowest BCUT2D eigenvalue weighted by Gasteiger charge is -2.61. The molecule has 0 radical (unpaired) electrons. The molecule has 0 spiro atoms. The third-order valence-corrected chi connectivity index (χ3v) is 9.59. The number of carbonyl (C=O) groups is 3. The van der Waals surface area contributed by atoms with Crippen LogP contribution in [0.2, 0.25) is 0 Å². The summed E-state index contributed by atoms with van der Waals surface area (Å²) in [5.41, 5.74) is 0.448. The lowest BCUT2D eigenvalue weighted by molar-refractivity contribution is -0.163. The minimum absolute atomic E-state index is 0.211. The molecule has 7 atom stereocenters. The maximum absolute atomic E-state index is 12.3. The summed E-state index contributed by atoms with van der Waals surface area (Å²) in [6, 6.07) is 0.392. The predicted molar refractivity (Wildman–Crippen MR) is 111 cm³/mol. The molecule has 0 N–H and O–H groups in total. The molecule has 4 rings (SSSR count). The number of amides is 1. The monoisotopic (exact) mass is 419 g/mol.